The maximum atomic E-state index is 6.15. The van der Waals surface area contributed by atoms with Crippen LogP contribution < -0.4 is 5.46 Å². The zero-order chi connectivity index (χ0) is 21.9. The summed E-state index contributed by atoms with van der Waals surface area (Å²) in [6.45, 7) is 0. The minimum absolute atomic E-state index is 0.784. The Morgan fingerprint density at radius 2 is 0.909 bits per heavy atom. The van der Waals surface area contributed by atoms with Crippen LogP contribution in [0.1, 0.15) is 0 Å². The maximum absolute atomic E-state index is 6.15. The molecule has 0 saturated carbocycles. The largest absolute Gasteiger partial charge is 0.309 e. The monoisotopic (exact) mass is 418 g/mol. The average molecular weight is 418 g/mol. The number of hydrogen-bond donors (Lipinski definition) is 0. The molecule has 0 fully saturated rings. The average Bonchev–Trinajstić information content (AvgIpc) is 3.37. The van der Waals surface area contributed by atoms with Gasteiger partial charge in [0.25, 0.3) is 0 Å². The van der Waals surface area contributed by atoms with E-state index in [0.717, 1.165) is 16.7 Å². The van der Waals surface area contributed by atoms with E-state index in [1.807, 2.05) is 6.07 Å². The summed E-state index contributed by atoms with van der Waals surface area (Å²) in [4.78, 5) is 0. The normalized spacial score (nSPS) is 11.8. The van der Waals surface area contributed by atoms with E-state index in [2.05, 4.69) is 118 Å². The zero-order valence-electron chi connectivity index (χ0n) is 17.9. The molecule has 2 nitrogen and oxygen atoms in total. The highest BCUT2D eigenvalue weighted by atomic mass is 15.0. The molecule has 0 amide bonds. The first kappa shape index (κ1) is 18.3. The molecule has 0 saturated heterocycles. The van der Waals surface area contributed by atoms with Gasteiger partial charge < -0.3 is 9.13 Å². The summed E-state index contributed by atoms with van der Waals surface area (Å²) in [6.07, 6.45) is 0. The first-order valence-corrected chi connectivity index (χ1v) is 11.2. The van der Waals surface area contributed by atoms with E-state index >= 15 is 0 Å². The predicted molar refractivity (Wildman–Crippen MR) is 141 cm³/mol. The molecule has 33 heavy (non-hydrogen) atoms. The van der Waals surface area contributed by atoms with Crippen molar-refractivity contribution in [2.75, 3.05) is 0 Å². The fourth-order valence-electron chi connectivity index (χ4n) is 5.22. The van der Waals surface area contributed by atoms with Crippen LogP contribution in [0.3, 0.4) is 0 Å². The Kier molecular flexibility index (Phi) is 3.83. The van der Waals surface area contributed by atoms with Gasteiger partial charge in [-0.2, -0.15) is 0 Å². The fraction of sp³-hybridized carbons (Fsp3) is 0. The summed E-state index contributed by atoms with van der Waals surface area (Å²) in [5.41, 5.74) is 7.87. The smallest absolute Gasteiger partial charge is 0.113 e. The van der Waals surface area contributed by atoms with Gasteiger partial charge in [-0.15, -0.1) is 0 Å². The van der Waals surface area contributed by atoms with Crippen molar-refractivity contribution < 1.29 is 0 Å². The van der Waals surface area contributed by atoms with Crippen LogP contribution in [0.15, 0.2) is 115 Å². The Morgan fingerprint density at radius 3 is 1.61 bits per heavy atom. The lowest BCUT2D eigenvalue weighted by Crippen LogP contribution is -2.00. The van der Waals surface area contributed by atoms with Gasteiger partial charge in [0.2, 0.25) is 0 Å². The topological polar surface area (TPSA) is 9.86 Å². The number of para-hydroxylation sites is 3. The summed E-state index contributed by atoms with van der Waals surface area (Å²) in [6, 6.07) is 40.7. The second-order valence-corrected chi connectivity index (χ2v) is 8.52. The first-order chi connectivity index (χ1) is 16.3. The van der Waals surface area contributed by atoms with Crippen LogP contribution in [0.2, 0.25) is 0 Å². The highest BCUT2D eigenvalue weighted by Crippen LogP contribution is 2.36. The number of benzene rings is 5. The molecule has 2 aromatic heterocycles. The standard InChI is InChI=1S/C30H19BN2/c31-20-14-16-29-25(18-20)23-10-4-7-13-28(23)33(29)22-15-17-30-26(19-22)24-11-5-6-12-27(24)32(30)21-8-2-1-3-9-21/h1-19H. The van der Waals surface area contributed by atoms with Gasteiger partial charge in [-0.05, 0) is 48.5 Å². The molecule has 5 aromatic carbocycles. The van der Waals surface area contributed by atoms with Crippen molar-refractivity contribution >= 4 is 56.9 Å². The van der Waals surface area contributed by atoms with E-state index in [0.29, 0.717) is 0 Å². The molecule has 7 aromatic rings. The number of rotatable bonds is 2. The van der Waals surface area contributed by atoms with Crippen LogP contribution >= 0.6 is 0 Å². The Labute approximate surface area is 192 Å². The van der Waals surface area contributed by atoms with Crippen molar-refractivity contribution in [1.29, 1.82) is 0 Å². The van der Waals surface area contributed by atoms with E-state index in [9.17, 15) is 0 Å². The van der Waals surface area contributed by atoms with Gasteiger partial charge in [0.05, 0.1) is 22.1 Å². The minimum atomic E-state index is 0.784. The van der Waals surface area contributed by atoms with Crippen molar-refractivity contribution in [2.24, 2.45) is 0 Å². The van der Waals surface area contributed by atoms with Crippen LogP contribution in [0.5, 0.6) is 0 Å². The van der Waals surface area contributed by atoms with Crippen molar-refractivity contribution in [1.82, 2.24) is 9.13 Å². The summed E-state index contributed by atoms with van der Waals surface area (Å²) in [5.74, 6) is 0. The van der Waals surface area contributed by atoms with Crippen LogP contribution in [-0.2, 0) is 0 Å². The van der Waals surface area contributed by atoms with Gasteiger partial charge in [-0.25, -0.2) is 0 Å². The van der Waals surface area contributed by atoms with Gasteiger partial charge in [0, 0.05) is 32.9 Å². The van der Waals surface area contributed by atoms with Crippen LogP contribution in [0.4, 0.5) is 0 Å². The van der Waals surface area contributed by atoms with Crippen LogP contribution in [-0.4, -0.2) is 17.0 Å². The van der Waals surface area contributed by atoms with Gasteiger partial charge in [-0.1, -0.05) is 72.2 Å². The molecule has 0 atom stereocenters. The number of aromatic nitrogens is 2. The van der Waals surface area contributed by atoms with E-state index in [4.69, 9.17) is 7.85 Å². The molecule has 0 spiro atoms. The van der Waals surface area contributed by atoms with E-state index in [1.54, 1.807) is 0 Å². The lowest BCUT2D eigenvalue weighted by molar-refractivity contribution is 1.17. The van der Waals surface area contributed by atoms with Gasteiger partial charge in [-0.3, -0.25) is 0 Å². The quantitative estimate of drug-likeness (QED) is 0.278. The van der Waals surface area contributed by atoms with Gasteiger partial charge in [0.1, 0.15) is 7.85 Å². The third-order valence-electron chi connectivity index (χ3n) is 6.63. The van der Waals surface area contributed by atoms with Crippen LogP contribution in [0, 0.1) is 0 Å². The third-order valence-corrected chi connectivity index (χ3v) is 6.63. The molecule has 0 bridgehead atoms. The molecule has 0 aliphatic carbocycles. The van der Waals surface area contributed by atoms with E-state index < -0.39 is 0 Å². The first-order valence-electron chi connectivity index (χ1n) is 11.2. The highest BCUT2D eigenvalue weighted by molar-refractivity contribution is 6.34. The Hall–Kier alpha value is -4.24. The molecule has 2 heterocycles. The van der Waals surface area contributed by atoms with Crippen molar-refractivity contribution in [3.63, 3.8) is 0 Å². The third kappa shape index (κ3) is 2.63. The fourth-order valence-corrected chi connectivity index (χ4v) is 5.22. The highest BCUT2D eigenvalue weighted by Gasteiger charge is 2.16. The Morgan fingerprint density at radius 1 is 0.394 bits per heavy atom. The molecule has 152 valence electrons. The van der Waals surface area contributed by atoms with Crippen molar-refractivity contribution in [2.45, 2.75) is 0 Å². The molecule has 7 rings (SSSR count). The number of hydrogen-bond acceptors (Lipinski definition) is 0. The van der Waals surface area contributed by atoms with Crippen LogP contribution in [0.25, 0.3) is 55.0 Å². The zero-order valence-corrected chi connectivity index (χ0v) is 17.9. The molecule has 0 unspecified atom stereocenters. The molecular formula is C30H19BN2. The Bertz CT molecular complexity index is 1820. The molecule has 0 N–H and O–H groups in total. The minimum Gasteiger partial charge on any atom is -0.309 e. The summed E-state index contributed by atoms with van der Waals surface area (Å²) in [5, 5.41) is 4.89. The number of nitrogens with zero attached hydrogens (tertiary/aromatic N) is 2. The van der Waals surface area contributed by atoms with Crippen molar-refractivity contribution in [3.05, 3.63) is 115 Å². The molecule has 2 radical (unpaired) electrons. The van der Waals surface area contributed by atoms with E-state index in [1.165, 1.54) is 43.8 Å². The second kappa shape index (κ2) is 6.88. The molecule has 0 aliphatic heterocycles. The summed E-state index contributed by atoms with van der Waals surface area (Å²) in [7, 11) is 6.15. The molecule has 3 heteroatoms. The lowest BCUT2D eigenvalue weighted by atomic mass is 9.94. The second-order valence-electron chi connectivity index (χ2n) is 8.52. The Balaban J connectivity index is 1.58. The van der Waals surface area contributed by atoms with Gasteiger partial charge in [0.15, 0.2) is 0 Å². The maximum Gasteiger partial charge on any atom is 0.113 e. The van der Waals surface area contributed by atoms with Gasteiger partial charge >= 0.3 is 0 Å². The number of fused-ring (bicyclic) bond motifs is 6. The summed E-state index contributed by atoms with van der Waals surface area (Å²) < 4.78 is 4.69. The van der Waals surface area contributed by atoms with E-state index in [-0.39, 0.29) is 0 Å². The summed E-state index contributed by atoms with van der Waals surface area (Å²) >= 11 is 0. The lowest BCUT2D eigenvalue weighted by Gasteiger charge is -2.10. The predicted octanol–water partition coefficient (Wildman–Crippen LogP) is 6.67. The van der Waals surface area contributed by atoms with Crippen molar-refractivity contribution in [3.8, 4) is 11.4 Å². The molecule has 0 aliphatic rings. The SMILES string of the molecule is [B]c1ccc2c(c1)c1ccccc1n2-c1ccc2c(c1)c1ccccc1n2-c1ccccc1. The molecular weight excluding hydrogens is 399 g/mol.